The van der Waals surface area contributed by atoms with E-state index in [9.17, 15) is 4.79 Å². The first-order valence-corrected chi connectivity index (χ1v) is 10.7. The molecule has 0 saturated carbocycles. The van der Waals surface area contributed by atoms with Crippen LogP contribution < -0.4 is 9.80 Å². The lowest BCUT2D eigenvalue weighted by Crippen LogP contribution is -2.53. The van der Waals surface area contributed by atoms with Crippen LogP contribution in [0, 0.1) is 12.8 Å². The number of pyridine rings is 1. The molecule has 4 heterocycles. The average Bonchev–Trinajstić information content (AvgIpc) is 2.79. The molecule has 2 aliphatic rings. The van der Waals surface area contributed by atoms with Crippen LogP contribution in [0.3, 0.4) is 0 Å². The Balaban J connectivity index is 1.36. The highest BCUT2D eigenvalue weighted by molar-refractivity contribution is 5.80. The van der Waals surface area contributed by atoms with Gasteiger partial charge in [0.1, 0.15) is 17.5 Å². The molecule has 0 N–H and O–H groups in total. The second-order valence-corrected chi connectivity index (χ2v) is 7.92. The Hall–Kier alpha value is -2.70. The molecule has 7 nitrogen and oxygen atoms in total. The molecule has 2 aromatic rings. The van der Waals surface area contributed by atoms with E-state index in [2.05, 4.69) is 31.7 Å². The number of carbonyl (C=O) groups excluding carboxylic acids is 1. The predicted molar refractivity (Wildman–Crippen MR) is 114 cm³/mol. The standard InChI is InChI=1S/C22H30N6O/c1-3-19-24-17(2)15-21(25-19)26-11-13-27(14-12-26)22(29)18-7-6-10-28(16-18)20-8-4-5-9-23-20/h4-5,8-9,15,18H,3,6-7,10-14,16H2,1-2H3/t18-/m1/s1. The minimum Gasteiger partial charge on any atom is -0.356 e. The lowest BCUT2D eigenvalue weighted by Gasteiger charge is -2.39. The highest BCUT2D eigenvalue weighted by atomic mass is 16.2. The van der Waals surface area contributed by atoms with Crippen LogP contribution in [-0.2, 0) is 11.2 Å². The summed E-state index contributed by atoms with van der Waals surface area (Å²) >= 11 is 0. The van der Waals surface area contributed by atoms with Crippen molar-refractivity contribution in [2.24, 2.45) is 5.92 Å². The number of carbonyl (C=O) groups is 1. The Morgan fingerprint density at radius 2 is 1.90 bits per heavy atom. The summed E-state index contributed by atoms with van der Waals surface area (Å²) in [6, 6.07) is 8.01. The predicted octanol–water partition coefficient (Wildman–Crippen LogP) is 2.31. The second-order valence-electron chi connectivity index (χ2n) is 7.92. The number of piperidine rings is 1. The molecule has 7 heteroatoms. The molecule has 1 atom stereocenters. The van der Waals surface area contributed by atoms with Crippen molar-refractivity contribution < 1.29 is 4.79 Å². The SMILES string of the molecule is CCc1nc(C)cc(N2CCN(C(=O)[C@@H]3CCCN(c4ccccn4)C3)CC2)n1. The van der Waals surface area contributed by atoms with Gasteiger partial charge >= 0.3 is 0 Å². The molecule has 2 aromatic heterocycles. The lowest BCUT2D eigenvalue weighted by molar-refractivity contribution is -0.136. The zero-order valence-electron chi connectivity index (χ0n) is 17.4. The lowest BCUT2D eigenvalue weighted by atomic mass is 9.96. The number of hydrogen-bond donors (Lipinski definition) is 0. The molecule has 2 saturated heterocycles. The summed E-state index contributed by atoms with van der Waals surface area (Å²) in [6.45, 7) is 8.98. The molecule has 0 spiro atoms. The van der Waals surface area contributed by atoms with Crippen molar-refractivity contribution in [2.75, 3.05) is 49.1 Å². The van der Waals surface area contributed by atoms with Crippen LogP contribution >= 0.6 is 0 Å². The second kappa shape index (κ2) is 8.76. The molecule has 0 bridgehead atoms. The van der Waals surface area contributed by atoms with E-state index in [0.29, 0.717) is 5.91 Å². The summed E-state index contributed by atoms with van der Waals surface area (Å²) in [5.74, 6) is 3.19. The van der Waals surface area contributed by atoms with Crippen molar-refractivity contribution in [3.05, 3.63) is 42.0 Å². The van der Waals surface area contributed by atoms with Crippen molar-refractivity contribution in [3.63, 3.8) is 0 Å². The van der Waals surface area contributed by atoms with Gasteiger partial charge in [-0.2, -0.15) is 0 Å². The van der Waals surface area contributed by atoms with Crippen LogP contribution in [-0.4, -0.2) is 65.0 Å². The van der Waals surface area contributed by atoms with E-state index >= 15 is 0 Å². The fourth-order valence-electron chi connectivity index (χ4n) is 4.27. The minimum atomic E-state index is 0.0605. The highest BCUT2D eigenvalue weighted by Crippen LogP contribution is 2.24. The van der Waals surface area contributed by atoms with Gasteiger partial charge in [-0.25, -0.2) is 15.0 Å². The molecule has 0 radical (unpaired) electrons. The number of rotatable bonds is 4. The van der Waals surface area contributed by atoms with Gasteiger partial charge in [0.2, 0.25) is 5.91 Å². The summed E-state index contributed by atoms with van der Waals surface area (Å²) in [6.07, 6.45) is 4.65. The van der Waals surface area contributed by atoms with Gasteiger partial charge in [0, 0.05) is 63.6 Å². The van der Waals surface area contributed by atoms with E-state index in [-0.39, 0.29) is 5.92 Å². The first kappa shape index (κ1) is 19.6. The van der Waals surface area contributed by atoms with Crippen molar-refractivity contribution in [1.82, 2.24) is 19.9 Å². The Morgan fingerprint density at radius 3 is 2.62 bits per heavy atom. The number of aromatic nitrogens is 3. The van der Waals surface area contributed by atoms with E-state index in [1.807, 2.05) is 42.3 Å². The zero-order chi connectivity index (χ0) is 20.2. The molecule has 4 rings (SSSR count). The molecule has 2 fully saturated rings. The summed E-state index contributed by atoms with van der Waals surface area (Å²) in [4.78, 5) is 33.3. The summed E-state index contributed by atoms with van der Waals surface area (Å²) in [5, 5.41) is 0. The van der Waals surface area contributed by atoms with Gasteiger partial charge in [-0.05, 0) is 31.9 Å². The van der Waals surface area contributed by atoms with Gasteiger partial charge in [0.05, 0.1) is 5.92 Å². The van der Waals surface area contributed by atoms with Crippen molar-refractivity contribution >= 4 is 17.5 Å². The highest BCUT2D eigenvalue weighted by Gasteiger charge is 2.31. The van der Waals surface area contributed by atoms with Gasteiger partial charge in [-0.15, -0.1) is 0 Å². The first-order chi connectivity index (χ1) is 14.1. The van der Waals surface area contributed by atoms with E-state index in [1.54, 1.807) is 0 Å². The average molecular weight is 395 g/mol. The number of anilines is 2. The molecule has 0 aliphatic carbocycles. The van der Waals surface area contributed by atoms with E-state index < -0.39 is 0 Å². The van der Waals surface area contributed by atoms with E-state index in [4.69, 9.17) is 0 Å². The molecule has 1 amide bonds. The normalized spacial score (nSPS) is 20.1. The summed E-state index contributed by atoms with van der Waals surface area (Å²) < 4.78 is 0. The first-order valence-electron chi connectivity index (χ1n) is 10.7. The van der Waals surface area contributed by atoms with Gasteiger partial charge in [0.25, 0.3) is 0 Å². The monoisotopic (exact) mass is 394 g/mol. The Bertz CT molecular complexity index is 834. The third kappa shape index (κ3) is 4.49. The number of aryl methyl sites for hydroxylation is 2. The molecule has 2 aliphatic heterocycles. The fourth-order valence-corrected chi connectivity index (χ4v) is 4.27. The van der Waals surface area contributed by atoms with Crippen molar-refractivity contribution in [2.45, 2.75) is 33.1 Å². The van der Waals surface area contributed by atoms with Crippen LogP contribution in [0.4, 0.5) is 11.6 Å². The number of hydrogen-bond acceptors (Lipinski definition) is 6. The summed E-state index contributed by atoms with van der Waals surface area (Å²) in [5.41, 5.74) is 1.00. The zero-order valence-corrected chi connectivity index (χ0v) is 17.4. The molecular formula is C22H30N6O. The summed E-state index contributed by atoms with van der Waals surface area (Å²) in [7, 11) is 0. The molecule has 0 aromatic carbocycles. The molecular weight excluding hydrogens is 364 g/mol. The maximum Gasteiger partial charge on any atom is 0.227 e. The van der Waals surface area contributed by atoms with Gasteiger partial charge in [-0.1, -0.05) is 13.0 Å². The Morgan fingerprint density at radius 1 is 1.07 bits per heavy atom. The third-order valence-electron chi connectivity index (χ3n) is 5.86. The maximum absolute atomic E-state index is 13.2. The number of amides is 1. The van der Waals surface area contributed by atoms with Gasteiger partial charge < -0.3 is 14.7 Å². The van der Waals surface area contributed by atoms with Crippen LogP contribution in [0.25, 0.3) is 0 Å². The van der Waals surface area contributed by atoms with Gasteiger partial charge in [-0.3, -0.25) is 4.79 Å². The third-order valence-corrected chi connectivity index (χ3v) is 5.86. The van der Waals surface area contributed by atoms with E-state index in [0.717, 1.165) is 81.7 Å². The van der Waals surface area contributed by atoms with Crippen molar-refractivity contribution in [1.29, 1.82) is 0 Å². The Labute approximate surface area is 172 Å². The molecule has 29 heavy (non-hydrogen) atoms. The van der Waals surface area contributed by atoms with E-state index in [1.165, 1.54) is 0 Å². The van der Waals surface area contributed by atoms with Crippen LogP contribution in [0.1, 0.15) is 31.3 Å². The van der Waals surface area contributed by atoms with Crippen molar-refractivity contribution in [3.8, 4) is 0 Å². The van der Waals surface area contributed by atoms with Gasteiger partial charge in [0.15, 0.2) is 0 Å². The smallest absolute Gasteiger partial charge is 0.227 e. The van der Waals surface area contributed by atoms with Crippen LogP contribution in [0.2, 0.25) is 0 Å². The number of piperazine rings is 1. The van der Waals surface area contributed by atoms with Crippen LogP contribution in [0.15, 0.2) is 30.5 Å². The minimum absolute atomic E-state index is 0.0605. The fraction of sp³-hybridized carbons (Fsp3) is 0.545. The molecule has 0 unspecified atom stereocenters. The Kier molecular flexibility index (Phi) is 5.92. The molecule has 154 valence electrons. The topological polar surface area (TPSA) is 65.5 Å². The van der Waals surface area contributed by atoms with Crippen LogP contribution in [0.5, 0.6) is 0 Å². The number of nitrogens with zero attached hydrogens (tertiary/aromatic N) is 6. The quantitative estimate of drug-likeness (QED) is 0.793. The maximum atomic E-state index is 13.2. The largest absolute Gasteiger partial charge is 0.356 e.